The molecule has 0 saturated carbocycles. The molecular formula is C28H32N2O2. The van der Waals surface area contributed by atoms with Crippen LogP contribution in [0.5, 0.6) is 17.2 Å². The van der Waals surface area contributed by atoms with E-state index in [2.05, 4.69) is 55.8 Å². The first kappa shape index (κ1) is 21.9. The number of hydrogen-bond acceptors (Lipinski definition) is 4. The second-order valence-electron chi connectivity index (χ2n) is 9.01. The van der Waals surface area contributed by atoms with Crippen molar-refractivity contribution in [3.8, 4) is 17.2 Å². The van der Waals surface area contributed by atoms with Gasteiger partial charge in [0.05, 0.1) is 12.8 Å². The predicted octanol–water partition coefficient (Wildman–Crippen LogP) is 7.35. The van der Waals surface area contributed by atoms with Gasteiger partial charge in [0, 0.05) is 24.0 Å². The Labute approximate surface area is 191 Å². The number of hydrogen-bond donors (Lipinski definition) is 0. The van der Waals surface area contributed by atoms with E-state index in [-0.39, 0.29) is 5.54 Å². The lowest BCUT2D eigenvalue weighted by Gasteiger charge is -2.47. The van der Waals surface area contributed by atoms with Crippen molar-refractivity contribution in [2.45, 2.75) is 45.6 Å². The van der Waals surface area contributed by atoms with Gasteiger partial charge in [-0.25, -0.2) is 0 Å². The number of aliphatic imine (C=N–C) groups is 1. The minimum atomic E-state index is 0.187. The molecule has 0 saturated heterocycles. The van der Waals surface area contributed by atoms with Gasteiger partial charge in [-0.3, -0.25) is 4.99 Å². The van der Waals surface area contributed by atoms with E-state index in [1.54, 1.807) is 7.11 Å². The average molecular weight is 429 g/mol. The van der Waals surface area contributed by atoms with E-state index in [0.29, 0.717) is 5.92 Å². The maximum Gasteiger partial charge on any atom is 0.127 e. The van der Waals surface area contributed by atoms with Gasteiger partial charge in [0.1, 0.15) is 17.2 Å². The van der Waals surface area contributed by atoms with Crippen LogP contribution in [0.3, 0.4) is 0 Å². The fourth-order valence-corrected chi connectivity index (χ4v) is 4.72. The number of fused-ring (bicyclic) bond motifs is 1. The molecule has 0 spiro atoms. The molecule has 0 fully saturated rings. The molecule has 0 aromatic heterocycles. The molecule has 0 N–H and O–H groups in total. The van der Waals surface area contributed by atoms with Gasteiger partial charge in [-0.05, 0) is 105 Å². The molecule has 32 heavy (non-hydrogen) atoms. The largest absolute Gasteiger partial charge is 0.497 e. The van der Waals surface area contributed by atoms with Crippen LogP contribution in [0.25, 0.3) is 0 Å². The van der Waals surface area contributed by atoms with Crippen LogP contribution in [0.2, 0.25) is 0 Å². The summed E-state index contributed by atoms with van der Waals surface area (Å²) in [7, 11) is 1.65. The predicted molar refractivity (Wildman–Crippen MR) is 133 cm³/mol. The van der Waals surface area contributed by atoms with Gasteiger partial charge in [0.25, 0.3) is 0 Å². The molecule has 1 heterocycles. The van der Waals surface area contributed by atoms with Crippen molar-refractivity contribution < 1.29 is 9.47 Å². The van der Waals surface area contributed by atoms with Gasteiger partial charge in [-0.1, -0.05) is 13.0 Å². The molecule has 0 unspecified atom stereocenters. The average Bonchev–Trinajstić information content (AvgIpc) is 2.79. The lowest BCUT2D eigenvalue weighted by Crippen LogP contribution is -2.48. The molecule has 1 atom stereocenters. The van der Waals surface area contributed by atoms with Crippen molar-refractivity contribution in [2.75, 3.05) is 18.6 Å². The number of anilines is 1. The Morgan fingerprint density at radius 3 is 2.22 bits per heavy atom. The van der Waals surface area contributed by atoms with Gasteiger partial charge in [0.2, 0.25) is 0 Å². The van der Waals surface area contributed by atoms with E-state index in [0.717, 1.165) is 41.5 Å². The summed E-state index contributed by atoms with van der Waals surface area (Å²) in [5, 5.41) is 0. The Morgan fingerprint density at radius 1 is 0.969 bits per heavy atom. The minimum Gasteiger partial charge on any atom is -0.497 e. The number of ether oxygens (including phenoxy) is 2. The van der Waals surface area contributed by atoms with Crippen LogP contribution in [0.15, 0.2) is 71.7 Å². The summed E-state index contributed by atoms with van der Waals surface area (Å²) in [6.07, 6.45) is 3.10. The van der Waals surface area contributed by atoms with Crippen LogP contribution in [0, 0.1) is 0 Å². The second-order valence-corrected chi connectivity index (χ2v) is 9.01. The highest BCUT2D eigenvalue weighted by Crippen LogP contribution is 2.43. The third-order valence-corrected chi connectivity index (χ3v) is 6.22. The van der Waals surface area contributed by atoms with E-state index in [9.17, 15) is 0 Å². The number of rotatable bonds is 6. The first-order chi connectivity index (χ1) is 15.4. The summed E-state index contributed by atoms with van der Waals surface area (Å²) >= 11 is 0. The molecule has 0 aliphatic carbocycles. The molecule has 166 valence electrons. The second kappa shape index (κ2) is 9.07. The summed E-state index contributed by atoms with van der Waals surface area (Å²) in [4.78, 5) is 7.20. The van der Waals surface area contributed by atoms with Crippen molar-refractivity contribution in [1.82, 2.24) is 0 Å². The van der Waals surface area contributed by atoms with E-state index >= 15 is 0 Å². The molecule has 0 amide bonds. The standard InChI is InChI=1S/C28H32N2O2/c1-6-30-27-16-7-21(17-26(27)20(2)18-28(30,3)4)19-29-22-8-10-24(11-9-22)32-25-14-12-23(31-5)13-15-25/h7-17,19-20H,6,18H2,1-5H3/t20-/m1/s1. The zero-order chi connectivity index (χ0) is 22.7. The lowest BCUT2D eigenvalue weighted by atomic mass is 9.79. The minimum absolute atomic E-state index is 0.187. The van der Waals surface area contributed by atoms with Crippen molar-refractivity contribution in [1.29, 1.82) is 0 Å². The molecule has 1 aliphatic rings. The van der Waals surface area contributed by atoms with E-state index in [1.165, 1.54) is 11.3 Å². The quantitative estimate of drug-likeness (QED) is 0.385. The first-order valence-corrected chi connectivity index (χ1v) is 11.3. The highest BCUT2D eigenvalue weighted by molar-refractivity contribution is 5.83. The molecule has 0 radical (unpaired) electrons. The fraction of sp³-hybridized carbons (Fsp3) is 0.321. The monoisotopic (exact) mass is 428 g/mol. The SMILES string of the molecule is CCN1c2ccc(C=Nc3ccc(Oc4ccc(OC)cc4)cc3)cc2[C@H](C)CC1(C)C. The van der Waals surface area contributed by atoms with Gasteiger partial charge in [0.15, 0.2) is 0 Å². The smallest absolute Gasteiger partial charge is 0.127 e. The number of benzene rings is 3. The Kier molecular flexibility index (Phi) is 6.22. The van der Waals surface area contributed by atoms with Crippen LogP contribution in [0.1, 0.15) is 51.2 Å². The molecule has 0 bridgehead atoms. The number of methoxy groups -OCH3 is 1. The van der Waals surface area contributed by atoms with Gasteiger partial charge < -0.3 is 14.4 Å². The maximum atomic E-state index is 5.90. The summed E-state index contributed by atoms with van der Waals surface area (Å²) in [5.41, 5.74) is 4.98. The van der Waals surface area contributed by atoms with Gasteiger partial charge >= 0.3 is 0 Å². The van der Waals surface area contributed by atoms with E-state index in [4.69, 9.17) is 9.47 Å². The fourth-order valence-electron chi connectivity index (χ4n) is 4.72. The summed E-state index contributed by atoms with van der Waals surface area (Å²) < 4.78 is 11.1. The molecule has 3 aromatic carbocycles. The van der Waals surface area contributed by atoms with E-state index < -0.39 is 0 Å². The van der Waals surface area contributed by atoms with Crippen LogP contribution >= 0.6 is 0 Å². The van der Waals surface area contributed by atoms with Crippen LogP contribution in [-0.4, -0.2) is 25.4 Å². The molecule has 4 rings (SSSR count). The van der Waals surface area contributed by atoms with E-state index in [1.807, 2.05) is 54.7 Å². The Bertz CT molecular complexity index is 1090. The normalized spacial score (nSPS) is 17.3. The molecule has 4 nitrogen and oxygen atoms in total. The van der Waals surface area contributed by atoms with Crippen LogP contribution in [0.4, 0.5) is 11.4 Å². The zero-order valence-electron chi connectivity index (χ0n) is 19.6. The zero-order valence-corrected chi connectivity index (χ0v) is 19.6. The van der Waals surface area contributed by atoms with Gasteiger partial charge in [-0.15, -0.1) is 0 Å². The van der Waals surface area contributed by atoms with Crippen molar-refractivity contribution in [3.63, 3.8) is 0 Å². The van der Waals surface area contributed by atoms with Gasteiger partial charge in [-0.2, -0.15) is 0 Å². The van der Waals surface area contributed by atoms with Crippen LogP contribution < -0.4 is 14.4 Å². The Morgan fingerprint density at radius 2 is 1.59 bits per heavy atom. The summed E-state index contributed by atoms with van der Waals surface area (Å²) in [6.45, 7) is 10.3. The molecule has 3 aromatic rings. The van der Waals surface area contributed by atoms with Crippen LogP contribution in [-0.2, 0) is 0 Å². The Hall–Kier alpha value is -3.27. The molecule has 4 heteroatoms. The first-order valence-electron chi connectivity index (χ1n) is 11.3. The maximum absolute atomic E-state index is 5.90. The summed E-state index contributed by atoms with van der Waals surface area (Å²) in [5.74, 6) is 2.89. The number of nitrogens with zero attached hydrogens (tertiary/aromatic N) is 2. The molecule has 1 aliphatic heterocycles. The summed E-state index contributed by atoms with van der Waals surface area (Å²) in [6, 6.07) is 22.1. The topological polar surface area (TPSA) is 34.1 Å². The third kappa shape index (κ3) is 4.64. The van der Waals surface area contributed by atoms with Crippen molar-refractivity contribution >= 4 is 17.6 Å². The van der Waals surface area contributed by atoms with Crippen molar-refractivity contribution in [2.24, 2.45) is 4.99 Å². The lowest BCUT2D eigenvalue weighted by molar-refractivity contribution is 0.381. The van der Waals surface area contributed by atoms with Crippen molar-refractivity contribution in [3.05, 3.63) is 77.9 Å². The highest BCUT2D eigenvalue weighted by Gasteiger charge is 2.35. The molecular weight excluding hydrogens is 396 g/mol. The Balaban J connectivity index is 1.47. The highest BCUT2D eigenvalue weighted by atomic mass is 16.5. The third-order valence-electron chi connectivity index (χ3n) is 6.22.